The van der Waals surface area contributed by atoms with E-state index in [0.29, 0.717) is 18.1 Å². The van der Waals surface area contributed by atoms with Crippen LogP contribution in [0.3, 0.4) is 0 Å². The molecule has 0 radical (unpaired) electrons. The van der Waals surface area contributed by atoms with E-state index in [1.165, 1.54) is 19.3 Å². The van der Waals surface area contributed by atoms with Crippen molar-refractivity contribution in [3.8, 4) is 0 Å². The molecular formula is C15H24NO3S-. The molecule has 2 aliphatic rings. The molecule has 2 atom stereocenters. The lowest BCUT2D eigenvalue weighted by atomic mass is 9.88. The van der Waals surface area contributed by atoms with Gasteiger partial charge in [-0.1, -0.05) is 32.6 Å². The van der Waals surface area contributed by atoms with E-state index in [2.05, 4.69) is 0 Å². The Bertz CT molecular complexity index is 355. The summed E-state index contributed by atoms with van der Waals surface area (Å²) in [7, 11) is 0. The number of amides is 1. The molecule has 0 aromatic heterocycles. The first-order valence-electron chi connectivity index (χ1n) is 7.78. The molecule has 20 heavy (non-hydrogen) atoms. The van der Waals surface area contributed by atoms with E-state index in [1.807, 2.05) is 6.92 Å². The molecule has 1 aliphatic carbocycles. The number of rotatable bonds is 5. The van der Waals surface area contributed by atoms with Crippen LogP contribution >= 0.6 is 11.8 Å². The van der Waals surface area contributed by atoms with Gasteiger partial charge in [-0.3, -0.25) is 4.79 Å². The fourth-order valence-electron chi connectivity index (χ4n) is 3.26. The molecule has 2 rings (SSSR count). The zero-order chi connectivity index (χ0) is 14.5. The van der Waals surface area contributed by atoms with Crippen LogP contribution in [0, 0.1) is 5.92 Å². The quantitative estimate of drug-likeness (QED) is 0.776. The first kappa shape index (κ1) is 15.7. The van der Waals surface area contributed by atoms with Gasteiger partial charge in [0, 0.05) is 12.2 Å². The van der Waals surface area contributed by atoms with Gasteiger partial charge in [0.15, 0.2) is 0 Å². The molecule has 2 fully saturated rings. The molecule has 0 aromatic carbocycles. The van der Waals surface area contributed by atoms with Crippen LogP contribution in [-0.4, -0.2) is 33.9 Å². The van der Waals surface area contributed by atoms with Gasteiger partial charge in [0.05, 0.1) is 17.4 Å². The predicted molar refractivity (Wildman–Crippen MR) is 78.0 cm³/mol. The average molecular weight is 298 g/mol. The number of nitrogens with zero attached hydrogens (tertiary/aromatic N) is 1. The summed E-state index contributed by atoms with van der Waals surface area (Å²) in [5.74, 6) is -0.146. The first-order valence-corrected chi connectivity index (χ1v) is 8.83. The molecule has 0 unspecified atom stereocenters. The van der Waals surface area contributed by atoms with Gasteiger partial charge in [-0.2, -0.15) is 0 Å². The largest absolute Gasteiger partial charge is 0.548 e. The Hall–Kier alpha value is -0.710. The van der Waals surface area contributed by atoms with Crippen molar-refractivity contribution < 1.29 is 14.7 Å². The number of carbonyl (C=O) groups is 2. The zero-order valence-electron chi connectivity index (χ0n) is 12.2. The van der Waals surface area contributed by atoms with Crippen molar-refractivity contribution >= 4 is 23.6 Å². The average Bonchev–Trinajstić information content (AvgIpc) is 2.90. The van der Waals surface area contributed by atoms with Crippen molar-refractivity contribution in [1.29, 1.82) is 0 Å². The number of hydrogen-bond acceptors (Lipinski definition) is 4. The van der Waals surface area contributed by atoms with Crippen molar-refractivity contribution in [3.05, 3.63) is 0 Å². The minimum atomic E-state index is -1.10. The van der Waals surface area contributed by atoms with Gasteiger partial charge in [-0.05, 0) is 25.2 Å². The zero-order valence-corrected chi connectivity index (χ0v) is 13.0. The third kappa shape index (κ3) is 3.48. The fraction of sp³-hybridized carbons (Fsp3) is 0.867. The van der Waals surface area contributed by atoms with Crippen LogP contribution in [0.1, 0.15) is 58.3 Å². The standard InChI is InChI=1S/C15H25NO3S/c1-2-3-9-13(17)16-12(15(18)19)10-20-14(16)11-7-5-4-6-8-11/h11-12,14H,2-10H2,1H3,(H,18,19)/p-1/t12-,14+/m1/s1. The van der Waals surface area contributed by atoms with Crippen molar-refractivity contribution in [3.63, 3.8) is 0 Å². The number of aliphatic carboxylic acids is 1. The van der Waals surface area contributed by atoms with Crippen LogP contribution in [0.25, 0.3) is 0 Å². The highest BCUT2D eigenvalue weighted by atomic mass is 32.2. The predicted octanol–water partition coefficient (Wildman–Crippen LogP) is 1.78. The highest BCUT2D eigenvalue weighted by molar-refractivity contribution is 8.00. The number of hydrogen-bond donors (Lipinski definition) is 0. The molecule has 0 spiro atoms. The van der Waals surface area contributed by atoms with Crippen molar-refractivity contribution in [1.82, 2.24) is 4.90 Å². The minimum absolute atomic E-state index is 0.00150. The Morgan fingerprint density at radius 1 is 1.25 bits per heavy atom. The first-order chi connectivity index (χ1) is 9.65. The van der Waals surface area contributed by atoms with Gasteiger partial charge in [0.1, 0.15) is 0 Å². The summed E-state index contributed by atoms with van der Waals surface area (Å²) in [5.41, 5.74) is 0. The lowest BCUT2D eigenvalue weighted by Crippen LogP contribution is -2.52. The highest BCUT2D eigenvalue weighted by Crippen LogP contribution is 2.40. The van der Waals surface area contributed by atoms with E-state index in [1.54, 1.807) is 16.7 Å². The molecule has 0 bridgehead atoms. The topological polar surface area (TPSA) is 60.4 Å². The van der Waals surface area contributed by atoms with Gasteiger partial charge in [0.2, 0.25) is 5.91 Å². The van der Waals surface area contributed by atoms with Crippen LogP contribution in [0.5, 0.6) is 0 Å². The van der Waals surface area contributed by atoms with Gasteiger partial charge < -0.3 is 14.8 Å². The summed E-state index contributed by atoms with van der Waals surface area (Å²) < 4.78 is 0. The number of carboxylic acid groups (broad SMARTS) is 1. The van der Waals surface area contributed by atoms with Crippen LogP contribution in [-0.2, 0) is 9.59 Å². The van der Waals surface area contributed by atoms with Crippen molar-refractivity contribution in [2.75, 3.05) is 5.75 Å². The van der Waals surface area contributed by atoms with Crippen molar-refractivity contribution in [2.45, 2.75) is 69.7 Å². The molecule has 5 heteroatoms. The maximum Gasteiger partial charge on any atom is 0.224 e. The van der Waals surface area contributed by atoms with Crippen molar-refractivity contribution in [2.24, 2.45) is 5.92 Å². The second-order valence-electron chi connectivity index (χ2n) is 5.86. The number of carboxylic acids is 1. The third-order valence-corrected chi connectivity index (χ3v) is 5.85. The van der Waals surface area contributed by atoms with E-state index in [9.17, 15) is 14.7 Å². The Balaban J connectivity index is 2.08. The number of thioether (sulfide) groups is 1. The summed E-state index contributed by atoms with van der Waals surface area (Å²) in [6.45, 7) is 2.04. The maximum atomic E-state index is 12.4. The summed E-state index contributed by atoms with van der Waals surface area (Å²) in [4.78, 5) is 25.3. The SMILES string of the molecule is CCCCC(=O)N1[C@@H](C(=O)[O-])CS[C@H]1C1CCCCC1. The lowest BCUT2D eigenvalue weighted by molar-refractivity contribution is -0.310. The smallest absolute Gasteiger partial charge is 0.224 e. The molecule has 1 aliphatic heterocycles. The molecule has 114 valence electrons. The molecule has 4 nitrogen and oxygen atoms in total. The summed E-state index contributed by atoms with van der Waals surface area (Å²) >= 11 is 1.64. The Labute approximate surface area is 125 Å². The second-order valence-corrected chi connectivity index (χ2v) is 7.01. The maximum absolute atomic E-state index is 12.4. The second kappa shape index (κ2) is 7.34. The normalized spacial score (nSPS) is 27.8. The lowest BCUT2D eigenvalue weighted by Gasteiger charge is -2.36. The Morgan fingerprint density at radius 3 is 2.55 bits per heavy atom. The van der Waals surface area contributed by atoms with Gasteiger partial charge >= 0.3 is 0 Å². The molecule has 1 heterocycles. The molecule has 0 N–H and O–H groups in total. The van der Waals surface area contributed by atoms with E-state index in [4.69, 9.17) is 0 Å². The summed E-state index contributed by atoms with van der Waals surface area (Å²) in [6, 6.07) is -0.726. The van der Waals surface area contributed by atoms with Crippen LogP contribution in [0.15, 0.2) is 0 Å². The molecule has 1 amide bonds. The van der Waals surface area contributed by atoms with Crippen LogP contribution < -0.4 is 5.11 Å². The minimum Gasteiger partial charge on any atom is -0.548 e. The summed E-state index contributed by atoms with van der Waals surface area (Å²) in [5, 5.41) is 11.4. The highest BCUT2D eigenvalue weighted by Gasteiger charge is 2.41. The fourth-order valence-corrected chi connectivity index (χ4v) is 4.91. The van der Waals surface area contributed by atoms with E-state index in [0.717, 1.165) is 25.7 Å². The molecule has 1 saturated heterocycles. The van der Waals surface area contributed by atoms with Gasteiger partial charge in [0.25, 0.3) is 0 Å². The number of unbranched alkanes of at least 4 members (excludes halogenated alkanes) is 1. The van der Waals surface area contributed by atoms with Gasteiger partial charge in [-0.15, -0.1) is 11.8 Å². The van der Waals surface area contributed by atoms with E-state index < -0.39 is 12.0 Å². The number of carbonyl (C=O) groups excluding carboxylic acids is 2. The van der Waals surface area contributed by atoms with Crippen LogP contribution in [0.2, 0.25) is 0 Å². The van der Waals surface area contributed by atoms with Crippen LogP contribution in [0.4, 0.5) is 0 Å². The molecule has 1 saturated carbocycles. The third-order valence-electron chi connectivity index (χ3n) is 4.39. The molecular weight excluding hydrogens is 274 g/mol. The Morgan fingerprint density at radius 2 is 1.95 bits per heavy atom. The molecule has 0 aromatic rings. The summed E-state index contributed by atoms with van der Waals surface area (Å²) in [6.07, 6.45) is 8.16. The van der Waals surface area contributed by atoms with E-state index >= 15 is 0 Å². The van der Waals surface area contributed by atoms with E-state index in [-0.39, 0.29) is 11.3 Å². The monoisotopic (exact) mass is 298 g/mol. The Kier molecular flexibility index (Phi) is 5.75. The van der Waals surface area contributed by atoms with Gasteiger partial charge in [-0.25, -0.2) is 0 Å².